The fourth-order valence-corrected chi connectivity index (χ4v) is 2.28. The van der Waals surface area contributed by atoms with E-state index in [0.717, 1.165) is 6.26 Å². The van der Waals surface area contributed by atoms with E-state index in [2.05, 4.69) is 0 Å². The highest BCUT2D eigenvalue weighted by Crippen LogP contribution is 2.20. The number of hydrogen-bond acceptors (Lipinski definition) is 5. The molecule has 0 aliphatic rings. The van der Waals surface area contributed by atoms with Crippen molar-refractivity contribution < 1.29 is 17.9 Å². The first-order chi connectivity index (χ1) is 8.87. The zero-order chi connectivity index (χ0) is 14.5. The van der Waals surface area contributed by atoms with Gasteiger partial charge < -0.3 is 4.74 Å². The Morgan fingerprint density at radius 1 is 1.37 bits per heavy atom. The average molecular weight is 281 g/mol. The van der Waals surface area contributed by atoms with Gasteiger partial charge >= 0.3 is 0 Å². The molecule has 0 N–H and O–H groups in total. The molecule has 0 saturated carbocycles. The number of carbonyl (C=O) groups excluding carboxylic acids is 1. The summed E-state index contributed by atoms with van der Waals surface area (Å²) < 4.78 is 27.4. The van der Waals surface area contributed by atoms with Crippen molar-refractivity contribution in [3.63, 3.8) is 0 Å². The van der Waals surface area contributed by atoms with E-state index in [1.807, 2.05) is 13.0 Å². The van der Waals surface area contributed by atoms with Gasteiger partial charge in [0, 0.05) is 6.26 Å². The Morgan fingerprint density at radius 2 is 1.95 bits per heavy atom. The van der Waals surface area contributed by atoms with Crippen LogP contribution in [0.15, 0.2) is 24.3 Å². The van der Waals surface area contributed by atoms with Gasteiger partial charge in [-0.25, -0.2) is 8.42 Å². The molecule has 6 heteroatoms. The lowest BCUT2D eigenvalue weighted by molar-refractivity contribution is -0.116. The van der Waals surface area contributed by atoms with E-state index in [1.165, 1.54) is 0 Å². The number of hydrogen-bond donors (Lipinski definition) is 0. The van der Waals surface area contributed by atoms with Crippen molar-refractivity contribution in [2.45, 2.75) is 12.8 Å². The predicted molar refractivity (Wildman–Crippen MR) is 70.7 cm³/mol. The molecule has 5 nitrogen and oxygen atoms in total. The molecule has 0 heterocycles. The molecule has 0 bridgehead atoms. The number of ether oxygens (including phenoxy) is 1. The number of Topliss-reactive ketones (excluding diaryl/α,β-unsaturated/α-hetero) is 1. The number of benzene rings is 1. The molecule has 0 aliphatic carbocycles. The monoisotopic (exact) mass is 281 g/mol. The predicted octanol–water partition coefficient (Wildman–Crippen LogP) is 1.31. The molecule has 0 aliphatic heterocycles. The molecule has 1 unspecified atom stereocenters. The molecular formula is C13H15NO4S. The Hall–Kier alpha value is -1.87. The largest absolute Gasteiger partial charge is 0.494 e. The maximum Gasteiger partial charge on any atom is 0.169 e. The molecule has 1 atom stereocenters. The normalized spacial score (nSPS) is 12.5. The highest BCUT2D eigenvalue weighted by atomic mass is 32.2. The second-order valence-corrected chi connectivity index (χ2v) is 6.24. The van der Waals surface area contributed by atoms with Crippen LogP contribution in [-0.4, -0.2) is 32.8 Å². The van der Waals surface area contributed by atoms with E-state index in [1.54, 1.807) is 24.3 Å². The van der Waals surface area contributed by atoms with Crippen molar-refractivity contribution in [2.75, 3.05) is 18.6 Å². The Labute approximate surface area is 112 Å². The first-order valence-corrected chi connectivity index (χ1v) is 7.76. The van der Waals surface area contributed by atoms with Crippen LogP contribution in [0.5, 0.6) is 5.75 Å². The van der Waals surface area contributed by atoms with Crippen molar-refractivity contribution in [1.82, 2.24) is 0 Å². The van der Waals surface area contributed by atoms with Gasteiger partial charge in [-0.05, 0) is 24.6 Å². The quantitative estimate of drug-likeness (QED) is 0.784. The van der Waals surface area contributed by atoms with Gasteiger partial charge in [-0.3, -0.25) is 4.79 Å². The lowest BCUT2D eigenvalue weighted by atomic mass is 9.97. The van der Waals surface area contributed by atoms with E-state index < -0.39 is 27.3 Å². The first kappa shape index (κ1) is 15.2. The molecule has 1 aromatic carbocycles. The minimum absolute atomic E-state index is 0.472. The molecular weight excluding hydrogens is 266 g/mol. The summed E-state index contributed by atoms with van der Waals surface area (Å²) in [5, 5.41) is 9.02. The molecule has 19 heavy (non-hydrogen) atoms. The summed E-state index contributed by atoms with van der Waals surface area (Å²) in [6, 6.07) is 8.33. The van der Waals surface area contributed by atoms with Crippen molar-refractivity contribution in [1.29, 1.82) is 5.26 Å². The molecule has 1 aromatic rings. The first-order valence-electron chi connectivity index (χ1n) is 5.70. The molecule has 0 amide bonds. The fraction of sp³-hybridized carbons (Fsp3) is 0.385. The van der Waals surface area contributed by atoms with Crippen LogP contribution >= 0.6 is 0 Å². The summed E-state index contributed by atoms with van der Waals surface area (Å²) in [5.41, 5.74) is 0.472. The van der Waals surface area contributed by atoms with E-state index in [9.17, 15) is 13.2 Å². The highest BCUT2D eigenvalue weighted by Gasteiger charge is 2.23. The number of rotatable bonds is 6. The standard InChI is InChI=1S/C13H15NO4S/c1-3-18-11-6-4-10(5-7-11)12(8-14)13(15)9-19(2,16)17/h4-7,12H,3,9H2,1-2H3. The molecule has 0 aromatic heterocycles. The van der Waals surface area contributed by atoms with Crippen molar-refractivity contribution in [3.8, 4) is 11.8 Å². The van der Waals surface area contributed by atoms with Gasteiger partial charge in [0.15, 0.2) is 15.6 Å². The Bertz CT molecular complexity index is 584. The Kier molecular flexibility index (Phi) is 5.07. The van der Waals surface area contributed by atoms with E-state index in [4.69, 9.17) is 10.00 Å². The van der Waals surface area contributed by atoms with Crippen LogP contribution in [0, 0.1) is 11.3 Å². The van der Waals surface area contributed by atoms with Crippen LogP contribution < -0.4 is 4.74 Å². The van der Waals surface area contributed by atoms with E-state index in [-0.39, 0.29) is 0 Å². The Balaban J connectivity index is 2.92. The smallest absolute Gasteiger partial charge is 0.169 e. The highest BCUT2D eigenvalue weighted by molar-refractivity contribution is 7.91. The van der Waals surface area contributed by atoms with Crippen LogP contribution in [0.4, 0.5) is 0 Å². The van der Waals surface area contributed by atoms with Crippen LogP contribution in [-0.2, 0) is 14.6 Å². The summed E-state index contributed by atoms with van der Waals surface area (Å²) in [7, 11) is -3.43. The zero-order valence-corrected chi connectivity index (χ0v) is 11.6. The summed E-state index contributed by atoms with van der Waals surface area (Å²) >= 11 is 0. The number of nitriles is 1. The van der Waals surface area contributed by atoms with Crippen molar-refractivity contribution in [2.24, 2.45) is 0 Å². The van der Waals surface area contributed by atoms with Gasteiger partial charge in [0.05, 0.1) is 12.7 Å². The molecule has 0 radical (unpaired) electrons. The van der Waals surface area contributed by atoms with Gasteiger partial charge in [0.2, 0.25) is 0 Å². The Morgan fingerprint density at radius 3 is 2.37 bits per heavy atom. The number of sulfone groups is 1. The zero-order valence-electron chi connectivity index (χ0n) is 10.8. The molecule has 0 spiro atoms. The van der Waals surface area contributed by atoms with Crippen LogP contribution in [0.3, 0.4) is 0 Å². The van der Waals surface area contributed by atoms with Gasteiger partial charge in [0.1, 0.15) is 17.4 Å². The van der Waals surface area contributed by atoms with Gasteiger partial charge in [0.25, 0.3) is 0 Å². The van der Waals surface area contributed by atoms with E-state index in [0.29, 0.717) is 17.9 Å². The SMILES string of the molecule is CCOc1ccc(C(C#N)C(=O)CS(C)(=O)=O)cc1. The van der Waals surface area contributed by atoms with Crippen molar-refractivity contribution in [3.05, 3.63) is 29.8 Å². The topological polar surface area (TPSA) is 84.2 Å². The van der Waals surface area contributed by atoms with E-state index >= 15 is 0 Å². The molecule has 102 valence electrons. The maximum absolute atomic E-state index is 11.8. The third-order valence-electron chi connectivity index (χ3n) is 2.38. The van der Waals surface area contributed by atoms with Crippen LogP contribution in [0.2, 0.25) is 0 Å². The molecule has 0 fully saturated rings. The fourth-order valence-electron chi connectivity index (χ4n) is 1.60. The lowest BCUT2D eigenvalue weighted by Gasteiger charge is -2.09. The maximum atomic E-state index is 11.8. The minimum Gasteiger partial charge on any atom is -0.494 e. The number of carbonyl (C=O) groups is 1. The average Bonchev–Trinajstić information content (AvgIpc) is 2.30. The lowest BCUT2D eigenvalue weighted by Crippen LogP contribution is -2.20. The van der Waals surface area contributed by atoms with Crippen LogP contribution in [0.25, 0.3) is 0 Å². The minimum atomic E-state index is -3.43. The molecule has 1 rings (SSSR count). The third-order valence-corrected chi connectivity index (χ3v) is 3.19. The van der Waals surface area contributed by atoms with Gasteiger partial charge in [-0.1, -0.05) is 12.1 Å². The second-order valence-electron chi connectivity index (χ2n) is 4.10. The number of nitrogens with zero attached hydrogens (tertiary/aromatic N) is 1. The van der Waals surface area contributed by atoms with Crippen LogP contribution in [0.1, 0.15) is 18.4 Å². The van der Waals surface area contributed by atoms with Gasteiger partial charge in [-0.2, -0.15) is 5.26 Å². The summed E-state index contributed by atoms with van der Waals surface area (Å²) in [5.74, 6) is -1.67. The van der Waals surface area contributed by atoms with Crippen molar-refractivity contribution >= 4 is 15.6 Å². The summed E-state index contributed by atoms with van der Waals surface area (Å²) in [6.07, 6.45) is 0.970. The second kappa shape index (κ2) is 6.34. The molecule has 0 saturated heterocycles. The third kappa shape index (κ3) is 4.72. The van der Waals surface area contributed by atoms with Gasteiger partial charge in [-0.15, -0.1) is 0 Å². The summed E-state index contributed by atoms with van der Waals surface area (Å²) in [4.78, 5) is 11.8. The summed E-state index contributed by atoms with van der Waals surface area (Å²) in [6.45, 7) is 2.37. The number of ketones is 1.